The molecule has 166 valence electrons. The number of hydrogen-bond acceptors (Lipinski definition) is 7. The normalized spacial score (nSPS) is 14.3. The molecule has 1 saturated heterocycles. The number of piperazine rings is 1. The number of aromatic nitrogens is 8. The summed E-state index contributed by atoms with van der Waals surface area (Å²) in [4.78, 5) is 13.7. The Bertz CT molecular complexity index is 1370. The fourth-order valence-corrected chi connectivity index (χ4v) is 4.22. The summed E-state index contributed by atoms with van der Waals surface area (Å²) in [5, 5.41) is 13.6. The molecule has 4 aromatic heterocycles. The van der Waals surface area contributed by atoms with Gasteiger partial charge in [0.05, 0.1) is 25.1 Å². The van der Waals surface area contributed by atoms with E-state index < -0.39 is 0 Å². The molecule has 1 fully saturated rings. The Labute approximate surface area is 190 Å². The second kappa shape index (κ2) is 8.05. The van der Waals surface area contributed by atoms with Gasteiger partial charge in [0.1, 0.15) is 6.33 Å². The first kappa shape index (κ1) is 19.5. The third-order valence-electron chi connectivity index (χ3n) is 5.98. The van der Waals surface area contributed by atoms with Crippen LogP contribution in [-0.4, -0.2) is 65.3 Å². The fraction of sp³-hybridized carbons (Fsp3) is 0.261. The fourth-order valence-electron chi connectivity index (χ4n) is 4.22. The lowest BCUT2D eigenvalue weighted by molar-refractivity contribution is 0.619. The van der Waals surface area contributed by atoms with Crippen molar-refractivity contribution in [2.75, 3.05) is 36.0 Å². The highest BCUT2D eigenvalue weighted by molar-refractivity contribution is 5.66. The first-order valence-electron chi connectivity index (χ1n) is 11.0. The lowest BCUT2D eigenvalue weighted by atomic mass is 10.2. The molecule has 10 heteroatoms. The zero-order valence-electron chi connectivity index (χ0n) is 18.4. The first-order valence-corrected chi connectivity index (χ1v) is 11.0. The Morgan fingerprint density at radius 2 is 1.64 bits per heavy atom. The zero-order chi connectivity index (χ0) is 22.2. The molecule has 5 aromatic rings. The smallest absolute Gasteiger partial charge is 0.244 e. The maximum atomic E-state index is 4.68. The van der Waals surface area contributed by atoms with Crippen molar-refractivity contribution >= 4 is 17.4 Å². The van der Waals surface area contributed by atoms with Gasteiger partial charge in [-0.2, -0.15) is 14.7 Å². The van der Waals surface area contributed by atoms with E-state index in [9.17, 15) is 0 Å². The van der Waals surface area contributed by atoms with Crippen LogP contribution in [-0.2, 0) is 13.6 Å². The maximum Gasteiger partial charge on any atom is 0.244 e. The molecular formula is C23H24N10. The molecule has 1 aliphatic rings. The number of nitrogens with zero attached hydrogens (tertiary/aromatic N) is 10. The standard InChI is InChI=1S/C23H24N10/c1-29-16-20(13-26-29)19-11-21-24-14-22(33(21)27-12-19)30-7-9-31(10-8-30)23-25-17-32(28-23)15-18-5-3-2-4-6-18/h2-6,11-14,16-17H,7-10,15H2,1H3. The number of imidazole rings is 1. The molecule has 0 saturated carbocycles. The van der Waals surface area contributed by atoms with Crippen LogP contribution in [0.4, 0.5) is 11.8 Å². The zero-order valence-corrected chi connectivity index (χ0v) is 18.4. The number of benzene rings is 1. The average Bonchev–Trinajstić information content (AvgIpc) is 3.59. The van der Waals surface area contributed by atoms with Crippen LogP contribution >= 0.6 is 0 Å². The van der Waals surface area contributed by atoms with Gasteiger partial charge in [-0.1, -0.05) is 30.3 Å². The minimum absolute atomic E-state index is 0.725. The third kappa shape index (κ3) is 3.79. The number of anilines is 2. The van der Waals surface area contributed by atoms with E-state index in [4.69, 9.17) is 0 Å². The van der Waals surface area contributed by atoms with Crippen molar-refractivity contribution in [1.29, 1.82) is 0 Å². The monoisotopic (exact) mass is 440 g/mol. The molecule has 0 unspecified atom stereocenters. The summed E-state index contributed by atoms with van der Waals surface area (Å²) in [6.07, 6.45) is 9.40. The second-order valence-electron chi connectivity index (χ2n) is 8.24. The van der Waals surface area contributed by atoms with Gasteiger partial charge in [-0.3, -0.25) is 4.68 Å². The molecule has 0 atom stereocenters. The maximum absolute atomic E-state index is 4.68. The lowest BCUT2D eigenvalue weighted by Gasteiger charge is -2.34. The average molecular weight is 441 g/mol. The molecule has 1 aromatic carbocycles. The van der Waals surface area contributed by atoms with E-state index in [1.807, 2.05) is 71.6 Å². The SMILES string of the molecule is Cn1cc(-c2cnn3c(N4CCN(c5ncn(Cc6ccccc6)n5)CC4)cnc3c2)cn1. The lowest BCUT2D eigenvalue weighted by Crippen LogP contribution is -2.47. The Balaban J connectivity index is 1.14. The van der Waals surface area contributed by atoms with E-state index in [2.05, 4.69) is 47.2 Å². The molecule has 0 aliphatic carbocycles. The third-order valence-corrected chi connectivity index (χ3v) is 5.98. The van der Waals surface area contributed by atoms with E-state index in [-0.39, 0.29) is 0 Å². The molecule has 10 nitrogen and oxygen atoms in total. The summed E-state index contributed by atoms with van der Waals surface area (Å²) in [7, 11) is 1.91. The van der Waals surface area contributed by atoms with Crippen LogP contribution in [0, 0.1) is 0 Å². The summed E-state index contributed by atoms with van der Waals surface area (Å²) in [6, 6.07) is 12.4. The van der Waals surface area contributed by atoms with Gasteiger partial charge in [-0.25, -0.2) is 14.6 Å². The van der Waals surface area contributed by atoms with Crippen LogP contribution in [0.15, 0.2) is 67.5 Å². The summed E-state index contributed by atoms with van der Waals surface area (Å²) >= 11 is 0. The van der Waals surface area contributed by atoms with Crippen molar-refractivity contribution in [2.24, 2.45) is 7.05 Å². The largest absolute Gasteiger partial charge is 0.352 e. The van der Waals surface area contributed by atoms with Crippen molar-refractivity contribution in [3.63, 3.8) is 0 Å². The molecule has 0 radical (unpaired) electrons. The molecule has 0 bridgehead atoms. The Hall–Kier alpha value is -4.21. The minimum atomic E-state index is 0.725. The predicted octanol–water partition coefficient (Wildman–Crippen LogP) is 2.10. The molecule has 5 heterocycles. The van der Waals surface area contributed by atoms with Crippen LogP contribution in [0.25, 0.3) is 16.8 Å². The molecule has 33 heavy (non-hydrogen) atoms. The van der Waals surface area contributed by atoms with E-state index >= 15 is 0 Å². The van der Waals surface area contributed by atoms with Gasteiger partial charge in [0, 0.05) is 50.6 Å². The van der Waals surface area contributed by atoms with E-state index in [0.29, 0.717) is 0 Å². The molecule has 1 aliphatic heterocycles. The predicted molar refractivity (Wildman–Crippen MR) is 125 cm³/mol. The Kier molecular flexibility index (Phi) is 4.75. The number of aryl methyl sites for hydroxylation is 1. The van der Waals surface area contributed by atoms with Crippen molar-refractivity contribution in [3.8, 4) is 11.1 Å². The highest BCUT2D eigenvalue weighted by Crippen LogP contribution is 2.23. The van der Waals surface area contributed by atoms with E-state index in [1.54, 1.807) is 4.68 Å². The number of fused-ring (bicyclic) bond motifs is 1. The van der Waals surface area contributed by atoms with Gasteiger partial charge in [-0.15, -0.1) is 5.10 Å². The van der Waals surface area contributed by atoms with Crippen molar-refractivity contribution in [3.05, 3.63) is 73.1 Å². The van der Waals surface area contributed by atoms with Gasteiger partial charge in [-0.05, 0) is 11.6 Å². The van der Waals surface area contributed by atoms with Crippen LogP contribution in [0.2, 0.25) is 0 Å². The second-order valence-corrected chi connectivity index (χ2v) is 8.24. The van der Waals surface area contributed by atoms with Gasteiger partial charge >= 0.3 is 0 Å². The Morgan fingerprint density at radius 1 is 0.848 bits per heavy atom. The number of hydrogen-bond donors (Lipinski definition) is 0. The quantitative estimate of drug-likeness (QED) is 0.414. The van der Waals surface area contributed by atoms with Crippen molar-refractivity contribution < 1.29 is 0 Å². The molecule has 0 amide bonds. The highest BCUT2D eigenvalue weighted by atomic mass is 15.4. The summed E-state index contributed by atoms with van der Waals surface area (Å²) in [5.41, 5.74) is 4.08. The van der Waals surface area contributed by atoms with Crippen LogP contribution < -0.4 is 9.80 Å². The van der Waals surface area contributed by atoms with Gasteiger partial charge in [0.2, 0.25) is 5.95 Å². The van der Waals surface area contributed by atoms with Gasteiger partial charge in [0.25, 0.3) is 0 Å². The first-order chi connectivity index (χ1) is 16.2. The van der Waals surface area contributed by atoms with Gasteiger partial charge in [0.15, 0.2) is 11.5 Å². The van der Waals surface area contributed by atoms with Crippen LogP contribution in [0.5, 0.6) is 0 Å². The molecule has 0 spiro atoms. The molecular weight excluding hydrogens is 416 g/mol. The van der Waals surface area contributed by atoms with Gasteiger partial charge < -0.3 is 9.80 Å². The summed E-state index contributed by atoms with van der Waals surface area (Å²) in [6.45, 7) is 4.12. The topological polar surface area (TPSA) is 85.2 Å². The van der Waals surface area contributed by atoms with Crippen LogP contribution in [0.1, 0.15) is 5.56 Å². The van der Waals surface area contributed by atoms with Crippen molar-refractivity contribution in [2.45, 2.75) is 6.54 Å². The summed E-state index contributed by atoms with van der Waals surface area (Å²) < 4.78 is 5.59. The molecule has 6 rings (SSSR count). The van der Waals surface area contributed by atoms with Crippen LogP contribution in [0.3, 0.4) is 0 Å². The van der Waals surface area contributed by atoms with E-state index in [1.165, 1.54) is 5.56 Å². The van der Waals surface area contributed by atoms with Crippen molar-refractivity contribution in [1.82, 2.24) is 39.1 Å². The molecule has 0 N–H and O–H groups in total. The number of rotatable bonds is 5. The minimum Gasteiger partial charge on any atom is -0.352 e. The highest BCUT2D eigenvalue weighted by Gasteiger charge is 2.22. The van der Waals surface area contributed by atoms with E-state index in [0.717, 1.165) is 61.3 Å². The Morgan fingerprint density at radius 3 is 2.42 bits per heavy atom. The summed E-state index contributed by atoms with van der Waals surface area (Å²) in [5.74, 6) is 1.79.